The molecule has 0 unspecified atom stereocenters. The zero-order valence-corrected chi connectivity index (χ0v) is 8.93. The topological polar surface area (TPSA) is 156 Å². The Kier molecular flexibility index (Phi) is 7.83. The van der Waals surface area contributed by atoms with Crippen LogP contribution in [-0.4, -0.2) is 90.0 Å². The Morgan fingerprint density at radius 2 is 1.00 bits per heavy atom. The van der Waals surface area contributed by atoms with Crippen LogP contribution in [0.3, 0.4) is 0 Å². The average Bonchev–Trinajstić information content (AvgIpc) is 2.12. The van der Waals surface area contributed by atoms with Gasteiger partial charge in [-0.1, -0.05) is 0 Å². The molecule has 0 aromatic heterocycles. The molecule has 6 N–H and O–H groups in total. The van der Waals surface area contributed by atoms with E-state index >= 15 is 0 Å². The van der Waals surface area contributed by atoms with Crippen molar-refractivity contribution in [2.75, 3.05) is 0 Å². The molecule has 9 heteroatoms. The first kappa shape index (κ1) is 17.0. The molecule has 0 radical (unpaired) electrons. The summed E-state index contributed by atoms with van der Waals surface area (Å²) in [4.78, 5) is 20.2. The van der Waals surface area contributed by atoms with Crippen LogP contribution in [0.25, 0.3) is 0 Å². The minimum Gasteiger partial charge on any atom is -1.00 e. The second kappa shape index (κ2) is 6.93. The maximum atomic E-state index is 10.1. The van der Waals surface area contributed by atoms with Crippen LogP contribution in [0.2, 0.25) is 0 Å². The average molecular weight is 236 g/mol. The van der Waals surface area contributed by atoms with E-state index in [1.165, 1.54) is 0 Å². The number of hydrogen-bond acceptors (Lipinski definition) is 6. The molecule has 0 aliphatic rings. The summed E-state index contributed by atoms with van der Waals surface area (Å²) in [5.41, 5.74) is 0. The van der Waals surface area contributed by atoms with Gasteiger partial charge >= 0.3 is 35.0 Å². The summed E-state index contributed by atoms with van der Waals surface area (Å²) in [6.45, 7) is 0. The van der Waals surface area contributed by atoms with Crippen LogP contribution >= 0.6 is 0 Å². The predicted octanol–water partition coefficient (Wildman–Crippen LogP) is -3.56. The summed E-state index contributed by atoms with van der Waals surface area (Å²) in [6.07, 6.45) is -9.28. The van der Waals surface area contributed by atoms with Gasteiger partial charge in [0.1, 0.15) is 12.2 Å². The number of hydrogen-bond donors (Lipinski definition) is 6. The molecule has 0 rings (SSSR count). The van der Waals surface area contributed by atoms with E-state index < -0.39 is 36.4 Å². The normalized spacial score (nSPS) is 18.1. The molecule has 0 aliphatic heterocycles. The number of aliphatic carboxylic acids is 2. The summed E-state index contributed by atoms with van der Waals surface area (Å²) in [5, 5.41) is 51.5. The Bertz CT molecular complexity index is 216. The molecule has 0 fully saturated rings. The largest absolute Gasteiger partial charge is 2.00 e. The third kappa shape index (κ3) is 4.73. The molecule has 8 nitrogen and oxygen atoms in total. The Morgan fingerprint density at radius 1 is 0.800 bits per heavy atom. The number of rotatable bonds is 5. The van der Waals surface area contributed by atoms with Crippen molar-refractivity contribution < 1.29 is 43.1 Å². The van der Waals surface area contributed by atoms with E-state index in [4.69, 9.17) is 30.6 Å². The summed E-state index contributed by atoms with van der Waals surface area (Å²) in [5.74, 6) is -3.68. The van der Waals surface area contributed by atoms with E-state index in [9.17, 15) is 9.59 Å². The van der Waals surface area contributed by atoms with Crippen LogP contribution in [0.4, 0.5) is 0 Å². The molecule has 4 atom stereocenters. The van der Waals surface area contributed by atoms with E-state index in [2.05, 4.69) is 0 Å². The molecule has 0 amide bonds. The van der Waals surface area contributed by atoms with Crippen molar-refractivity contribution in [3.63, 3.8) is 0 Å². The van der Waals surface area contributed by atoms with Crippen molar-refractivity contribution in [1.82, 2.24) is 0 Å². The van der Waals surface area contributed by atoms with Gasteiger partial charge in [0, 0.05) is 0 Å². The Balaban J connectivity index is -0.000000282. The number of carbonyl (C=O) groups is 2. The van der Waals surface area contributed by atoms with Gasteiger partial charge < -0.3 is 33.5 Å². The van der Waals surface area contributed by atoms with Crippen molar-refractivity contribution >= 4 is 35.0 Å². The number of carboxylic acid groups (broad SMARTS) is 2. The summed E-state index contributed by atoms with van der Waals surface area (Å²) < 4.78 is 0. The van der Waals surface area contributed by atoms with Crippen LogP contribution in [0.15, 0.2) is 0 Å². The smallest absolute Gasteiger partial charge is 1.00 e. The fraction of sp³-hybridized carbons (Fsp3) is 0.667. The predicted molar refractivity (Wildman–Crippen MR) is 47.3 cm³/mol. The molecular weight excluding hydrogens is 224 g/mol. The number of carboxylic acids is 2. The molecule has 0 saturated heterocycles. The Hall–Kier alpha value is -0.454. The van der Waals surface area contributed by atoms with Crippen LogP contribution in [0, 0.1) is 0 Å². The summed E-state index contributed by atoms with van der Waals surface area (Å²) in [6, 6.07) is 0. The first-order chi connectivity index (χ1) is 6.29. The Labute approximate surface area is 103 Å². The third-order valence-electron chi connectivity index (χ3n) is 1.50. The zero-order valence-electron chi connectivity index (χ0n) is 9.52. The quantitative estimate of drug-likeness (QED) is 0.268. The molecule has 0 saturated carbocycles. The van der Waals surface area contributed by atoms with Crippen molar-refractivity contribution in [1.29, 1.82) is 0 Å². The minimum absolute atomic E-state index is 0. The van der Waals surface area contributed by atoms with Gasteiger partial charge in [0.2, 0.25) is 0 Å². The molecule has 0 heterocycles. The molecule has 86 valence electrons. The molecule has 0 bridgehead atoms. The molecule has 15 heavy (non-hydrogen) atoms. The van der Waals surface area contributed by atoms with Gasteiger partial charge in [-0.05, 0) is 0 Å². The fourth-order valence-corrected chi connectivity index (χ4v) is 0.666. The summed E-state index contributed by atoms with van der Waals surface area (Å²) >= 11 is 0. The number of aliphatic hydroxyl groups excluding tert-OH is 4. The van der Waals surface area contributed by atoms with E-state index in [1.807, 2.05) is 0 Å². The van der Waals surface area contributed by atoms with Crippen molar-refractivity contribution in [2.24, 2.45) is 0 Å². The second-order valence-corrected chi connectivity index (χ2v) is 2.55. The Morgan fingerprint density at radius 3 is 1.13 bits per heavy atom. The van der Waals surface area contributed by atoms with Crippen LogP contribution in [0.1, 0.15) is 2.85 Å². The maximum Gasteiger partial charge on any atom is 2.00 e. The molecule has 0 aromatic carbocycles. The molecule has 0 aromatic rings. The SMILES string of the molecule is O=C(O)[C@@H](O)[C@@H](O)[C@H](O)[C@@H](O)C(=O)O.[H-].[H-].[Mg+2]. The van der Waals surface area contributed by atoms with Gasteiger partial charge in [0.15, 0.2) is 12.2 Å². The van der Waals surface area contributed by atoms with E-state index in [1.54, 1.807) is 0 Å². The van der Waals surface area contributed by atoms with Gasteiger partial charge in [-0.25, -0.2) is 9.59 Å². The summed E-state index contributed by atoms with van der Waals surface area (Å²) in [7, 11) is 0. The van der Waals surface area contributed by atoms with Crippen molar-refractivity contribution in [3.05, 3.63) is 0 Å². The van der Waals surface area contributed by atoms with Crippen molar-refractivity contribution in [2.45, 2.75) is 24.4 Å². The molecule has 0 spiro atoms. The second-order valence-electron chi connectivity index (χ2n) is 2.55. The maximum absolute atomic E-state index is 10.1. The van der Waals surface area contributed by atoms with Crippen molar-refractivity contribution in [3.8, 4) is 0 Å². The third-order valence-corrected chi connectivity index (χ3v) is 1.50. The monoisotopic (exact) mass is 236 g/mol. The van der Waals surface area contributed by atoms with Gasteiger partial charge in [0.25, 0.3) is 0 Å². The van der Waals surface area contributed by atoms with E-state index in [0.29, 0.717) is 0 Å². The van der Waals surface area contributed by atoms with Crippen LogP contribution in [-0.2, 0) is 9.59 Å². The van der Waals surface area contributed by atoms with Gasteiger partial charge in [-0.3, -0.25) is 0 Å². The van der Waals surface area contributed by atoms with Crippen LogP contribution < -0.4 is 0 Å². The standard InChI is InChI=1S/C6H10O8.Mg.2H/c7-1(3(9)5(11)12)2(8)4(10)6(13)14;;;/h1-4,7-10H,(H,11,12)(H,13,14);;;/q;+2;2*-1/t1-,2-,3-,4+;;;/m0.../s1. The van der Waals surface area contributed by atoms with Gasteiger partial charge in [-0.15, -0.1) is 0 Å². The van der Waals surface area contributed by atoms with E-state index in [-0.39, 0.29) is 25.9 Å². The minimum atomic E-state index is -2.36. The van der Waals surface area contributed by atoms with Gasteiger partial charge in [0.05, 0.1) is 0 Å². The van der Waals surface area contributed by atoms with Gasteiger partial charge in [-0.2, -0.15) is 0 Å². The fourth-order valence-electron chi connectivity index (χ4n) is 0.666. The van der Waals surface area contributed by atoms with Crippen LogP contribution in [0.5, 0.6) is 0 Å². The zero-order chi connectivity index (χ0) is 11.5. The number of aliphatic hydroxyl groups is 4. The molecule has 0 aliphatic carbocycles. The molecular formula is C6H12MgO8. The van der Waals surface area contributed by atoms with E-state index in [0.717, 1.165) is 0 Å². The first-order valence-electron chi connectivity index (χ1n) is 3.47. The first-order valence-corrected chi connectivity index (χ1v) is 3.47.